The Balaban J connectivity index is 1.37. The molecule has 8 heteroatoms. The molecule has 164 valence electrons. The highest BCUT2D eigenvalue weighted by Crippen LogP contribution is 2.23. The third-order valence-electron chi connectivity index (χ3n) is 5.09. The van der Waals surface area contributed by atoms with Gasteiger partial charge in [-0.05, 0) is 23.3 Å². The number of halogens is 1. The van der Waals surface area contributed by atoms with Gasteiger partial charge in [0.1, 0.15) is 24.8 Å². The van der Waals surface area contributed by atoms with E-state index in [9.17, 15) is 19.1 Å². The molecular weight excluding hydrogens is 413 g/mol. The predicted molar refractivity (Wildman–Crippen MR) is 118 cm³/mol. The fraction of sp³-hybridized carbons (Fsp3) is 0.167. The van der Waals surface area contributed by atoms with Gasteiger partial charge in [0.15, 0.2) is 11.4 Å². The standard InChI is InChI=1S/C24H22FN3O4/c25-19-9-8-18(14-17-6-2-1-3-7-17)21(15-19)32-13-5-4-11-27-16-26-28-12-10-20(29)23(30)22(28)24(27)31/h1-10,12,15,26,30H,11,13-14,16H2/b5-4-. The number of fused-ring (bicyclic) bond motifs is 1. The Morgan fingerprint density at radius 1 is 1.09 bits per heavy atom. The quantitative estimate of drug-likeness (QED) is 0.558. The predicted octanol–water partition coefficient (Wildman–Crippen LogP) is 2.88. The van der Waals surface area contributed by atoms with E-state index in [0.29, 0.717) is 12.2 Å². The van der Waals surface area contributed by atoms with Crippen molar-refractivity contribution >= 4 is 5.91 Å². The van der Waals surface area contributed by atoms with Gasteiger partial charge in [-0.2, -0.15) is 0 Å². The molecule has 2 aromatic carbocycles. The normalized spacial score (nSPS) is 13.2. The number of aromatic nitrogens is 1. The first kappa shape index (κ1) is 21.2. The summed E-state index contributed by atoms with van der Waals surface area (Å²) in [6, 6.07) is 15.5. The van der Waals surface area contributed by atoms with E-state index in [0.717, 1.165) is 11.1 Å². The number of hydrogen-bond acceptors (Lipinski definition) is 5. The number of nitrogens with one attached hydrogen (secondary N) is 1. The molecule has 0 atom stereocenters. The summed E-state index contributed by atoms with van der Waals surface area (Å²) in [5.41, 5.74) is 4.19. The molecule has 2 heterocycles. The first-order chi connectivity index (χ1) is 15.5. The van der Waals surface area contributed by atoms with Crippen molar-refractivity contribution in [2.24, 2.45) is 0 Å². The van der Waals surface area contributed by atoms with E-state index in [1.54, 1.807) is 18.2 Å². The van der Waals surface area contributed by atoms with Crippen molar-refractivity contribution in [3.05, 3.63) is 106 Å². The third kappa shape index (κ3) is 4.64. The number of carbonyl (C=O) groups excluding carboxylic acids is 1. The summed E-state index contributed by atoms with van der Waals surface area (Å²) in [7, 11) is 0. The maximum atomic E-state index is 13.7. The lowest BCUT2D eigenvalue weighted by Gasteiger charge is -2.30. The molecule has 4 rings (SSSR count). The van der Waals surface area contributed by atoms with Crippen molar-refractivity contribution in [1.29, 1.82) is 0 Å². The zero-order valence-corrected chi connectivity index (χ0v) is 17.2. The minimum atomic E-state index is -0.612. The van der Waals surface area contributed by atoms with Crippen molar-refractivity contribution in [2.75, 3.05) is 25.2 Å². The molecule has 7 nitrogen and oxygen atoms in total. The van der Waals surface area contributed by atoms with Crippen LogP contribution in [0.1, 0.15) is 21.6 Å². The summed E-state index contributed by atoms with van der Waals surface area (Å²) in [6.07, 6.45) is 5.50. The van der Waals surface area contributed by atoms with E-state index < -0.39 is 17.1 Å². The maximum absolute atomic E-state index is 13.7. The van der Waals surface area contributed by atoms with Gasteiger partial charge in [0.25, 0.3) is 5.91 Å². The molecule has 3 aromatic rings. The average Bonchev–Trinajstić information content (AvgIpc) is 2.79. The Morgan fingerprint density at radius 3 is 2.72 bits per heavy atom. The summed E-state index contributed by atoms with van der Waals surface area (Å²) < 4.78 is 20.8. The molecule has 0 fully saturated rings. The summed E-state index contributed by atoms with van der Waals surface area (Å²) in [6.45, 7) is 0.657. The number of rotatable bonds is 7. The fourth-order valence-electron chi connectivity index (χ4n) is 3.43. The van der Waals surface area contributed by atoms with E-state index in [-0.39, 0.29) is 31.3 Å². The van der Waals surface area contributed by atoms with Crippen LogP contribution in [0.25, 0.3) is 0 Å². The fourth-order valence-corrected chi connectivity index (χ4v) is 3.43. The second-order valence-corrected chi connectivity index (χ2v) is 7.29. The molecule has 0 bridgehead atoms. The molecule has 0 radical (unpaired) electrons. The molecule has 2 N–H and O–H groups in total. The van der Waals surface area contributed by atoms with Crippen LogP contribution in [0.15, 0.2) is 77.7 Å². The molecule has 0 saturated heterocycles. The smallest absolute Gasteiger partial charge is 0.278 e. The van der Waals surface area contributed by atoms with E-state index in [2.05, 4.69) is 5.43 Å². The van der Waals surface area contributed by atoms with Gasteiger partial charge in [0, 0.05) is 31.3 Å². The van der Waals surface area contributed by atoms with E-state index in [1.165, 1.54) is 34.0 Å². The van der Waals surface area contributed by atoms with E-state index in [4.69, 9.17) is 4.74 Å². The van der Waals surface area contributed by atoms with Crippen molar-refractivity contribution in [2.45, 2.75) is 6.42 Å². The van der Waals surface area contributed by atoms with Crippen molar-refractivity contribution < 1.29 is 19.0 Å². The van der Waals surface area contributed by atoms with Crippen molar-refractivity contribution in [3.8, 4) is 11.5 Å². The number of benzene rings is 2. The molecule has 0 spiro atoms. The lowest BCUT2D eigenvalue weighted by molar-refractivity contribution is 0.0741. The summed E-state index contributed by atoms with van der Waals surface area (Å²) in [5.74, 6) is -0.953. The highest BCUT2D eigenvalue weighted by Gasteiger charge is 2.27. The molecule has 1 aliphatic rings. The highest BCUT2D eigenvalue weighted by atomic mass is 19.1. The van der Waals surface area contributed by atoms with Crippen LogP contribution in [-0.4, -0.2) is 40.4 Å². The zero-order chi connectivity index (χ0) is 22.5. The molecular formula is C24H22FN3O4. The number of aromatic hydroxyl groups is 1. The summed E-state index contributed by atoms with van der Waals surface area (Å²) in [5, 5.41) is 9.93. The molecule has 32 heavy (non-hydrogen) atoms. The summed E-state index contributed by atoms with van der Waals surface area (Å²) >= 11 is 0. The van der Waals surface area contributed by atoms with Crippen LogP contribution in [0.4, 0.5) is 4.39 Å². The van der Waals surface area contributed by atoms with Crippen LogP contribution in [0, 0.1) is 5.82 Å². The Kier molecular flexibility index (Phi) is 6.21. The van der Waals surface area contributed by atoms with Crippen LogP contribution in [0.3, 0.4) is 0 Å². The Morgan fingerprint density at radius 2 is 1.91 bits per heavy atom. The van der Waals surface area contributed by atoms with Gasteiger partial charge in [0.05, 0.1) is 0 Å². The second kappa shape index (κ2) is 9.38. The first-order valence-corrected chi connectivity index (χ1v) is 10.1. The highest BCUT2D eigenvalue weighted by molar-refractivity contribution is 5.96. The van der Waals surface area contributed by atoms with Gasteiger partial charge in [-0.25, -0.2) is 4.39 Å². The van der Waals surface area contributed by atoms with Gasteiger partial charge in [-0.15, -0.1) is 0 Å². The molecule has 0 aliphatic carbocycles. The van der Waals surface area contributed by atoms with Gasteiger partial charge >= 0.3 is 0 Å². The van der Waals surface area contributed by atoms with Crippen LogP contribution in [0.2, 0.25) is 0 Å². The van der Waals surface area contributed by atoms with Crippen molar-refractivity contribution in [1.82, 2.24) is 9.58 Å². The SMILES string of the molecule is O=C1c2c(O)c(=O)ccn2NCN1C/C=C\COc1cc(F)ccc1Cc1ccccc1. The molecule has 0 saturated carbocycles. The maximum Gasteiger partial charge on any atom is 0.278 e. The Labute approximate surface area is 184 Å². The van der Waals surface area contributed by atoms with Crippen LogP contribution in [-0.2, 0) is 6.42 Å². The Hall–Kier alpha value is -4.07. The lowest BCUT2D eigenvalue weighted by atomic mass is 10.0. The monoisotopic (exact) mass is 435 g/mol. The summed E-state index contributed by atoms with van der Waals surface area (Å²) in [4.78, 5) is 25.7. The number of hydrogen-bond donors (Lipinski definition) is 2. The van der Waals surface area contributed by atoms with Crippen molar-refractivity contribution in [3.63, 3.8) is 0 Å². The minimum absolute atomic E-state index is 0.0984. The third-order valence-corrected chi connectivity index (χ3v) is 5.09. The van der Waals surface area contributed by atoms with Gasteiger partial charge < -0.3 is 20.2 Å². The minimum Gasteiger partial charge on any atom is -0.502 e. The van der Waals surface area contributed by atoms with Crippen LogP contribution < -0.4 is 15.6 Å². The van der Waals surface area contributed by atoms with Gasteiger partial charge in [0.2, 0.25) is 5.43 Å². The lowest BCUT2D eigenvalue weighted by Crippen LogP contribution is -2.46. The number of pyridine rings is 1. The van der Waals surface area contributed by atoms with E-state index >= 15 is 0 Å². The van der Waals surface area contributed by atoms with Gasteiger partial charge in [-0.3, -0.25) is 14.3 Å². The first-order valence-electron chi connectivity index (χ1n) is 10.1. The number of amides is 1. The topological polar surface area (TPSA) is 83.8 Å². The average molecular weight is 435 g/mol. The molecule has 0 unspecified atom stereocenters. The molecule has 1 aliphatic heterocycles. The van der Waals surface area contributed by atoms with Crippen LogP contribution >= 0.6 is 0 Å². The zero-order valence-electron chi connectivity index (χ0n) is 17.2. The van der Waals surface area contributed by atoms with E-state index in [1.807, 2.05) is 30.3 Å². The van der Waals surface area contributed by atoms with Crippen LogP contribution in [0.5, 0.6) is 11.5 Å². The second-order valence-electron chi connectivity index (χ2n) is 7.29. The number of nitrogens with zero attached hydrogens (tertiary/aromatic N) is 2. The molecule has 1 aromatic heterocycles. The number of carbonyl (C=O) groups is 1. The van der Waals surface area contributed by atoms with Gasteiger partial charge in [-0.1, -0.05) is 42.5 Å². The molecule has 1 amide bonds. The largest absolute Gasteiger partial charge is 0.502 e. The number of ether oxygens (including phenoxy) is 1. The Bertz CT molecular complexity index is 1210.